The zero-order chi connectivity index (χ0) is 12.5. The molecule has 4 atom stereocenters. The summed E-state index contributed by atoms with van der Waals surface area (Å²) in [5.74, 6) is 2.70. The van der Waals surface area contributed by atoms with E-state index in [1.54, 1.807) is 11.3 Å². The van der Waals surface area contributed by atoms with E-state index in [4.69, 9.17) is 11.6 Å². The minimum absolute atomic E-state index is 0.240. The van der Waals surface area contributed by atoms with Gasteiger partial charge in [-0.1, -0.05) is 25.7 Å². The van der Waals surface area contributed by atoms with Gasteiger partial charge in [-0.2, -0.15) is 0 Å². The van der Waals surface area contributed by atoms with E-state index < -0.39 is 0 Å². The third-order valence-electron chi connectivity index (χ3n) is 4.86. The minimum atomic E-state index is 0.240. The maximum absolute atomic E-state index is 6.72. The monoisotopic (exact) mass is 346 g/mol. The van der Waals surface area contributed by atoms with Crippen LogP contribution in [0.4, 0.5) is 0 Å². The fraction of sp³-hybridized carbons (Fsp3) is 0.733. The highest BCUT2D eigenvalue weighted by atomic mass is 79.9. The largest absolute Gasteiger partial charge is 0.132 e. The molecule has 0 aliphatic heterocycles. The third-order valence-corrected chi connectivity index (χ3v) is 7.29. The predicted octanol–water partition coefficient (Wildman–Crippen LogP) is 6.40. The smallest absolute Gasteiger partial charge is 0.0707 e. The SMILES string of the molecule is ClC(c1ccc(Br)s1)C1CCC2CCCCC2C1. The van der Waals surface area contributed by atoms with E-state index >= 15 is 0 Å². The van der Waals surface area contributed by atoms with Gasteiger partial charge in [0, 0.05) is 4.88 Å². The molecular formula is C15H20BrClS. The van der Waals surface area contributed by atoms with E-state index in [0.717, 1.165) is 11.8 Å². The molecule has 1 aromatic rings. The number of alkyl halides is 1. The van der Waals surface area contributed by atoms with Gasteiger partial charge < -0.3 is 0 Å². The van der Waals surface area contributed by atoms with Gasteiger partial charge in [0.05, 0.1) is 9.16 Å². The van der Waals surface area contributed by atoms with Crippen LogP contribution in [0.1, 0.15) is 55.2 Å². The lowest BCUT2D eigenvalue weighted by Crippen LogP contribution is -2.29. The van der Waals surface area contributed by atoms with Gasteiger partial charge in [0.15, 0.2) is 0 Å². The number of thiophene rings is 1. The van der Waals surface area contributed by atoms with Crippen molar-refractivity contribution < 1.29 is 0 Å². The summed E-state index contributed by atoms with van der Waals surface area (Å²) >= 11 is 12.1. The molecule has 0 saturated heterocycles. The van der Waals surface area contributed by atoms with Crippen molar-refractivity contribution in [2.75, 3.05) is 0 Å². The average molecular weight is 348 g/mol. The molecule has 1 heterocycles. The van der Waals surface area contributed by atoms with Crippen molar-refractivity contribution in [2.24, 2.45) is 17.8 Å². The van der Waals surface area contributed by atoms with Crippen LogP contribution in [-0.4, -0.2) is 0 Å². The third kappa shape index (κ3) is 2.81. The second-order valence-corrected chi connectivity index (χ2v) is 8.89. The Bertz CT molecular complexity index is 403. The fourth-order valence-corrected chi connectivity index (χ4v) is 5.81. The Morgan fingerprint density at radius 3 is 2.61 bits per heavy atom. The van der Waals surface area contributed by atoms with E-state index in [1.165, 1.54) is 53.6 Å². The highest BCUT2D eigenvalue weighted by Crippen LogP contribution is 2.49. The molecule has 0 radical (unpaired) electrons. The summed E-state index contributed by atoms with van der Waals surface area (Å²) in [6, 6.07) is 4.32. The molecule has 0 N–H and O–H groups in total. The van der Waals surface area contributed by atoms with Gasteiger partial charge in [-0.25, -0.2) is 0 Å². The molecule has 3 heteroatoms. The number of hydrogen-bond acceptors (Lipinski definition) is 1. The average Bonchev–Trinajstić information content (AvgIpc) is 2.84. The molecule has 100 valence electrons. The van der Waals surface area contributed by atoms with E-state index in [9.17, 15) is 0 Å². The van der Waals surface area contributed by atoms with Crippen LogP contribution >= 0.6 is 38.9 Å². The second-order valence-electron chi connectivity index (χ2n) is 5.92. The van der Waals surface area contributed by atoms with Gasteiger partial charge in [0.25, 0.3) is 0 Å². The highest BCUT2D eigenvalue weighted by molar-refractivity contribution is 9.11. The number of rotatable bonds is 2. The molecule has 0 amide bonds. The lowest BCUT2D eigenvalue weighted by molar-refractivity contribution is 0.128. The molecule has 0 spiro atoms. The summed E-state index contributed by atoms with van der Waals surface area (Å²) in [7, 11) is 0. The molecule has 18 heavy (non-hydrogen) atoms. The summed E-state index contributed by atoms with van der Waals surface area (Å²) in [4.78, 5) is 1.35. The quantitative estimate of drug-likeness (QED) is 0.543. The van der Waals surface area contributed by atoms with Gasteiger partial charge in [0.1, 0.15) is 0 Å². The van der Waals surface area contributed by atoms with Crippen LogP contribution < -0.4 is 0 Å². The van der Waals surface area contributed by atoms with Gasteiger partial charge in [0.2, 0.25) is 0 Å². The Labute approximate surface area is 127 Å². The molecule has 0 aromatic carbocycles. The first-order chi connectivity index (χ1) is 8.74. The molecule has 1 aromatic heterocycles. The van der Waals surface area contributed by atoms with Crippen LogP contribution in [0, 0.1) is 17.8 Å². The molecule has 4 unspecified atom stereocenters. The van der Waals surface area contributed by atoms with Crippen molar-refractivity contribution in [3.05, 3.63) is 20.8 Å². The van der Waals surface area contributed by atoms with E-state index in [0.29, 0.717) is 5.92 Å². The Balaban J connectivity index is 1.66. The molecule has 0 bridgehead atoms. The van der Waals surface area contributed by atoms with Gasteiger partial charge >= 0.3 is 0 Å². The summed E-state index contributed by atoms with van der Waals surface area (Å²) in [5, 5.41) is 0.240. The zero-order valence-electron chi connectivity index (χ0n) is 10.6. The predicted molar refractivity (Wildman–Crippen MR) is 83.4 cm³/mol. The lowest BCUT2D eigenvalue weighted by atomic mass is 9.67. The molecular weight excluding hydrogens is 328 g/mol. The molecule has 2 saturated carbocycles. The van der Waals surface area contributed by atoms with Gasteiger partial charge in [-0.05, 0) is 65.1 Å². The van der Waals surface area contributed by atoms with Crippen LogP contribution in [0.3, 0.4) is 0 Å². The Morgan fingerprint density at radius 1 is 1.11 bits per heavy atom. The molecule has 3 rings (SSSR count). The standard InChI is InChI=1S/C15H20BrClS/c16-14-8-7-13(18-14)15(17)12-6-5-10-3-1-2-4-11(10)9-12/h7-8,10-12,15H,1-6,9H2. The number of hydrogen-bond donors (Lipinski definition) is 0. The Kier molecular flexibility index (Phi) is 4.37. The molecule has 2 aliphatic carbocycles. The summed E-state index contributed by atoms with van der Waals surface area (Å²) in [5.41, 5.74) is 0. The topological polar surface area (TPSA) is 0 Å². The van der Waals surface area contributed by atoms with Crippen LogP contribution in [0.2, 0.25) is 0 Å². The van der Waals surface area contributed by atoms with Gasteiger partial charge in [-0.3, -0.25) is 0 Å². The maximum Gasteiger partial charge on any atom is 0.0707 e. The van der Waals surface area contributed by atoms with E-state index in [1.807, 2.05) is 0 Å². The van der Waals surface area contributed by atoms with Crippen molar-refractivity contribution in [1.82, 2.24) is 0 Å². The van der Waals surface area contributed by atoms with Crippen molar-refractivity contribution in [3.63, 3.8) is 0 Å². The first-order valence-corrected chi connectivity index (χ1v) is 9.18. The fourth-order valence-electron chi connectivity index (χ4n) is 3.88. The second kappa shape index (κ2) is 5.85. The summed E-state index contributed by atoms with van der Waals surface area (Å²) in [6.07, 6.45) is 9.98. The van der Waals surface area contributed by atoms with Crippen LogP contribution in [0.25, 0.3) is 0 Å². The van der Waals surface area contributed by atoms with E-state index in [2.05, 4.69) is 28.1 Å². The number of halogens is 2. The minimum Gasteiger partial charge on any atom is -0.132 e. The zero-order valence-corrected chi connectivity index (χ0v) is 13.7. The lowest BCUT2D eigenvalue weighted by Gasteiger charge is -2.40. The molecule has 2 fully saturated rings. The molecule has 2 aliphatic rings. The highest BCUT2D eigenvalue weighted by Gasteiger charge is 2.35. The van der Waals surface area contributed by atoms with Crippen molar-refractivity contribution in [3.8, 4) is 0 Å². The number of fused-ring (bicyclic) bond motifs is 1. The van der Waals surface area contributed by atoms with Crippen LogP contribution in [-0.2, 0) is 0 Å². The normalized spacial score (nSPS) is 34.0. The van der Waals surface area contributed by atoms with Crippen molar-refractivity contribution >= 4 is 38.9 Å². The van der Waals surface area contributed by atoms with Crippen molar-refractivity contribution in [2.45, 2.75) is 50.3 Å². The Hall–Kier alpha value is 0.470. The molecule has 0 nitrogen and oxygen atoms in total. The summed E-state index contributed by atoms with van der Waals surface area (Å²) < 4.78 is 1.20. The van der Waals surface area contributed by atoms with Crippen molar-refractivity contribution in [1.29, 1.82) is 0 Å². The summed E-state index contributed by atoms with van der Waals surface area (Å²) in [6.45, 7) is 0. The van der Waals surface area contributed by atoms with Gasteiger partial charge in [-0.15, -0.1) is 22.9 Å². The van der Waals surface area contributed by atoms with Crippen LogP contribution in [0.5, 0.6) is 0 Å². The first-order valence-electron chi connectivity index (χ1n) is 7.13. The van der Waals surface area contributed by atoms with E-state index in [-0.39, 0.29) is 5.38 Å². The Morgan fingerprint density at radius 2 is 1.89 bits per heavy atom. The first kappa shape index (κ1) is 13.5. The van der Waals surface area contributed by atoms with Crippen LogP contribution in [0.15, 0.2) is 15.9 Å². The maximum atomic E-state index is 6.72.